The van der Waals surface area contributed by atoms with Crippen LogP contribution in [-0.2, 0) is 13.5 Å². The Morgan fingerprint density at radius 2 is 2.26 bits per heavy atom. The van der Waals surface area contributed by atoms with Crippen LogP contribution < -0.4 is 11.3 Å². The quantitative estimate of drug-likeness (QED) is 0.640. The van der Waals surface area contributed by atoms with Gasteiger partial charge in [-0.15, -0.1) is 0 Å². The molecule has 0 fully saturated rings. The molecule has 0 saturated heterocycles. The van der Waals surface area contributed by atoms with Crippen LogP contribution in [0.25, 0.3) is 0 Å². The predicted octanol–water partition coefficient (Wildman–Crippen LogP) is 2.00. The predicted molar refractivity (Wildman–Crippen MR) is 72.7 cm³/mol. The molecule has 1 heterocycles. The van der Waals surface area contributed by atoms with Crippen LogP contribution in [0.3, 0.4) is 0 Å². The zero-order valence-electron chi connectivity index (χ0n) is 11.2. The minimum absolute atomic E-state index is 0.0599. The minimum atomic E-state index is -0.195. The zero-order valence-corrected chi connectivity index (χ0v) is 11.2. The number of aromatic nitrogens is 2. The van der Waals surface area contributed by atoms with Crippen molar-refractivity contribution in [2.75, 3.05) is 0 Å². The average molecular weight is 262 g/mol. The molecule has 0 bridgehead atoms. The molecule has 0 aliphatic heterocycles. The fraction of sp³-hybridized carbons (Fsp3) is 0.357. The van der Waals surface area contributed by atoms with Gasteiger partial charge in [-0.1, -0.05) is 12.1 Å². The van der Waals surface area contributed by atoms with Crippen LogP contribution in [-0.4, -0.2) is 9.78 Å². The van der Waals surface area contributed by atoms with Gasteiger partial charge in [-0.3, -0.25) is 16.0 Å². The van der Waals surface area contributed by atoms with Crippen LogP contribution in [0.5, 0.6) is 0 Å². The summed E-state index contributed by atoms with van der Waals surface area (Å²) in [7, 11) is 1.89. The second-order valence-electron chi connectivity index (χ2n) is 4.79. The summed E-state index contributed by atoms with van der Waals surface area (Å²) in [6.45, 7) is 1.75. The second-order valence-corrected chi connectivity index (χ2v) is 4.79. The maximum Gasteiger partial charge on any atom is 0.126 e. The smallest absolute Gasteiger partial charge is 0.126 e. The Labute approximate surface area is 112 Å². The van der Waals surface area contributed by atoms with Crippen molar-refractivity contribution in [3.8, 4) is 0 Å². The summed E-state index contributed by atoms with van der Waals surface area (Å²) in [5, 5.41) is 4.12. The summed E-state index contributed by atoms with van der Waals surface area (Å²) in [5.74, 6) is 5.37. The molecular weight excluding hydrogens is 243 g/mol. The van der Waals surface area contributed by atoms with Crippen LogP contribution in [0.4, 0.5) is 4.39 Å². The molecule has 1 unspecified atom stereocenters. The first-order valence-corrected chi connectivity index (χ1v) is 6.30. The lowest BCUT2D eigenvalue weighted by Gasteiger charge is -2.16. The number of aryl methyl sites for hydroxylation is 3. The fourth-order valence-corrected chi connectivity index (χ4v) is 2.08. The van der Waals surface area contributed by atoms with Crippen LogP contribution in [0, 0.1) is 12.7 Å². The molecular formula is C14H19FN4. The maximum atomic E-state index is 13.6. The highest BCUT2D eigenvalue weighted by atomic mass is 19.1. The number of hydrogen-bond acceptors (Lipinski definition) is 3. The number of hydrogen-bond donors (Lipinski definition) is 2. The largest absolute Gasteiger partial charge is 0.276 e. The SMILES string of the molecule is Cc1ccc(C(CCc2cnn(C)c2)NN)cc1F. The Kier molecular flexibility index (Phi) is 4.29. The normalized spacial score (nSPS) is 12.6. The van der Waals surface area contributed by atoms with Crippen LogP contribution in [0.15, 0.2) is 30.6 Å². The summed E-state index contributed by atoms with van der Waals surface area (Å²) < 4.78 is 15.3. The zero-order chi connectivity index (χ0) is 13.8. The van der Waals surface area contributed by atoms with Crippen molar-refractivity contribution in [3.63, 3.8) is 0 Å². The third-order valence-corrected chi connectivity index (χ3v) is 3.28. The Hall–Kier alpha value is -1.72. The number of nitrogens with zero attached hydrogens (tertiary/aromatic N) is 2. The van der Waals surface area contributed by atoms with E-state index in [0.717, 1.165) is 24.0 Å². The summed E-state index contributed by atoms with van der Waals surface area (Å²) in [5.41, 5.74) is 5.41. The summed E-state index contributed by atoms with van der Waals surface area (Å²) in [6.07, 6.45) is 5.45. The molecule has 0 spiro atoms. The molecule has 1 aromatic heterocycles. The molecule has 2 aromatic rings. The van der Waals surface area contributed by atoms with E-state index in [4.69, 9.17) is 5.84 Å². The van der Waals surface area contributed by atoms with E-state index in [1.165, 1.54) is 0 Å². The fourth-order valence-electron chi connectivity index (χ4n) is 2.08. The second kappa shape index (κ2) is 5.95. The maximum absolute atomic E-state index is 13.6. The van der Waals surface area contributed by atoms with Gasteiger partial charge in [-0.05, 0) is 42.5 Å². The standard InChI is InChI=1S/C14H19FN4/c1-10-3-5-12(7-13(10)15)14(18-16)6-4-11-8-17-19(2)9-11/h3,5,7-9,14,18H,4,6,16H2,1-2H3. The van der Waals surface area contributed by atoms with E-state index in [0.29, 0.717) is 5.56 Å². The lowest BCUT2D eigenvalue weighted by atomic mass is 9.99. The molecule has 1 aromatic carbocycles. The van der Waals surface area contributed by atoms with Gasteiger partial charge < -0.3 is 0 Å². The Morgan fingerprint density at radius 1 is 1.47 bits per heavy atom. The van der Waals surface area contributed by atoms with Crippen molar-refractivity contribution in [2.24, 2.45) is 12.9 Å². The number of benzene rings is 1. The molecule has 0 amide bonds. The first-order chi connectivity index (χ1) is 9.10. The molecule has 1 atom stereocenters. The van der Waals surface area contributed by atoms with Gasteiger partial charge in [0.15, 0.2) is 0 Å². The van der Waals surface area contributed by atoms with E-state index < -0.39 is 0 Å². The van der Waals surface area contributed by atoms with E-state index in [9.17, 15) is 4.39 Å². The molecule has 3 N–H and O–H groups in total. The van der Waals surface area contributed by atoms with Crippen molar-refractivity contribution in [1.82, 2.24) is 15.2 Å². The summed E-state index contributed by atoms with van der Waals surface area (Å²) in [6, 6.07) is 5.17. The number of rotatable bonds is 5. The number of hydrazine groups is 1. The highest BCUT2D eigenvalue weighted by Crippen LogP contribution is 2.20. The first kappa shape index (κ1) is 13.7. The van der Waals surface area contributed by atoms with Crippen LogP contribution in [0.1, 0.15) is 29.2 Å². The number of nitrogens with two attached hydrogens (primary N) is 1. The van der Waals surface area contributed by atoms with E-state index in [1.54, 1.807) is 23.7 Å². The van der Waals surface area contributed by atoms with Gasteiger partial charge in [0.1, 0.15) is 5.82 Å². The molecule has 0 radical (unpaired) electrons. The van der Waals surface area contributed by atoms with Crippen molar-refractivity contribution in [2.45, 2.75) is 25.8 Å². The van der Waals surface area contributed by atoms with E-state index in [-0.39, 0.29) is 11.9 Å². The van der Waals surface area contributed by atoms with Gasteiger partial charge in [0.05, 0.1) is 6.20 Å². The third kappa shape index (κ3) is 3.39. The lowest BCUT2D eigenvalue weighted by Crippen LogP contribution is -2.28. The molecule has 0 aliphatic carbocycles. The Morgan fingerprint density at radius 3 is 2.84 bits per heavy atom. The number of halogens is 1. The molecule has 102 valence electrons. The van der Waals surface area contributed by atoms with Gasteiger partial charge in [0.25, 0.3) is 0 Å². The molecule has 0 saturated carbocycles. The highest BCUT2D eigenvalue weighted by Gasteiger charge is 2.12. The third-order valence-electron chi connectivity index (χ3n) is 3.28. The molecule has 19 heavy (non-hydrogen) atoms. The van der Waals surface area contributed by atoms with Gasteiger partial charge >= 0.3 is 0 Å². The Bertz CT molecular complexity index is 550. The summed E-state index contributed by atoms with van der Waals surface area (Å²) in [4.78, 5) is 0. The Balaban J connectivity index is 2.05. The monoisotopic (exact) mass is 262 g/mol. The topological polar surface area (TPSA) is 55.9 Å². The van der Waals surface area contributed by atoms with E-state index in [2.05, 4.69) is 10.5 Å². The van der Waals surface area contributed by atoms with Crippen molar-refractivity contribution < 1.29 is 4.39 Å². The minimum Gasteiger partial charge on any atom is -0.276 e. The average Bonchev–Trinajstić information content (AvgIpc) is 2.80. The van der Waals surface area contributed by atoms with Gasteiger partial charge in [-0.2, -0.15) is 5.10 Å². The molecule has 4 nitrogen and oxygen atoms in total. The van der Waals surface area contributed by atoms with Crippen molar-refractivity contribution in [3.05, 3.63) is 53.1 Å². The molecule has 0 aliphatic rings. The van der Waals surface area contributed by atoms with Gasteiger partial charge in [0.2, 0.25) is 0 Å². The van der Waals surface area contributed by atoms with E-state index in [1.807, 2.05) is 25.5 Å². The highest BCUT2D eigenvalue weighted by molar-refractivity contribution is 5.26. The first-order valence-electron chi connectivity index (χ1n) is 6.30. The van der Waals surface area contributed by atoms with Crippen molar-refractivity contribution >= 4 is 0 Å². The number of nitrogens with one attached hydrogen (secondary N) is 1. The van der Waals surface area contributed by atoms with Crippen molar-refractivity contribution in [1.29, 1.82) is 0 Å². The van der Waals surface area contributed by atoms with E-state index >= 15 is 0 Å². The molecule has 2 rings (SSSR count). The van der Waals surface area contributed by atoms with Gasteiger partial charge in [0, 0.05) is 19.3 Å². The summed E-state index contributed by atoms with van der Waals surface area (Å²) >= 11 is 0. The lowest BCUT2D eigenvalue weighted by molar-refractivity contribution is 0.511. The van der Waals surface area contributed by atoms with Gasteiger partial charge in [-0.25, -0.2) is 4.39 Å². The van der Waals surface area contributed by atoms with Crippen LogP contribution >= 0.6 is 0 Å². The molecule has 5 heteroatoms. The van der Waals surface area contributed by atoms with Crippen LogP contribution in [0.2, 0.25) is 0 Å².